The molecule has 0 unspecified atom stereocenters. The molecule has 1 aromatic heterocycles. The number of pyridine rings is 1. The lowest BCUT2D eigenvalue weighted by atomic mass is 10.0. The molecule has 2 fully saturated rings. The van der Waals surface area contributed by atoms with Crippen LogP contribution >= 0.6 is 0 Å². The van der Waals surface area contributed by atoms with Gasteiger partial charge in [0.2, 0.25) is 11.8 Å². The highest BCUT2D eigenvalue weighted by atomic mass is 16.2. The molecule has 3 heterocycles. The van der Waals surface area contributed by atoms with E-state index in [-0.39, 0.29) is 29.9 Å². The molecule has 182 valence electrons. The quantitative estimate of drug-likeness (QED) is 0.618. The van der Waals surface area contributed by atoms with Gasteiger partial charge in [0, 0.05) is 76.9 Å². The third-order valence-electron chi connectivity index (χ3n) is 7.11. The maximum absolute atomic E-state index is 13.1. The summed E-state index contributed by atoms with van der Waals surface area (Å²) in [4.78, 5) is 36.3. The fraction of sp³-hybridized carbons (Fsp3) is 0.500. The lowest BCUT2D eigenvalue weighted by molar-refractivity contribution is -0.126. The summed E-state index contributed by atoms with van der Waals surface area (Å²) in [5.41, 5.74) is 3.37. The van der Waals surface area contributed by atoms with E-state index in [9.17, 15) is 9.59 Å². The Morgan fingerprint density at radius 1 is 1.21 bits per heavy atom. The van der Waals surface area contributed by atoms with Crippen LogP contribution in [-0.4, -0.2) is 79.0 Å². The molecule has 0 spiro atoms. The number of benzene rings is 1. The normalized spacial score (nSPS) is 23.1. The van der Waals surface area contributed by atoms with Gasteiger partial charge in [0.25, 0.3) is 0 Å². The number of amides is 2. The average Bonchev–Trinajstić information content (AvgIpc) is 3.21. The highest BCUT2D eigenvalue weighted by Gasteiger charge is 2.44. The molecular formula is C26H36N6O2. The number of anilines is 1. The molecule has 0 radical (unpaired) electrons. The Morgan fingerprint density at radius 3 is 2.71 bits per heavy atom. The average molecular weight is 465 g/mol. The zero-order valence-corrected chi connectivity index (χ0v) is 20.4. The van der Waals surface area contributed by atoms with Gasteiger partial charge in [0.1, 0.15) is 6.04 Å². The molecule has 2 saturated heterocycles. The Labute approximate surface area is 202 Å². The molecule has 2 amide bonds. The number of hydrogen-bond donors (Lipinski definition) is 2. The molecule has 1 aromatic carbocycles. The Bertz CT molecular complexity index is 965. The van der Waals surface area contributed by atoms with Crippen LogP contribution in [0.15, 0.2) is 48.8 Å². The molecule has 34 heavy (non-hydrogen) atoms. The van der Waals surface area contributed by atoms with Crippen molar-refractivity contribution in [3.63, 3.8) is 0 Å². The van der Waals surface area contributed by atoms with Crippen molar-refractivity contribution < 1.29 is 9.59 Å². The number of carbonyl (C=O) groups is 2. The first kappa shape index (κ1) is 24.2. The van der Waals surface area contributed by atoms with E-state index in [0.29, 0.717) is 25.9 Å². The molecule has 2 aromatic rings. The molecule has 3 atom stereocenters. The number of nitrogens with zero attached hydrogens (tertiary/aromatic N) is 4. The number of rotatable bonds is 8. The van der Waals surface area contributed by atoms with Gasteiger partial charge in [-0.3, -0.25) is 24.4 Å². The van der Waals surface area contributed by atoms with E-state index in [1.165, 1.54) is 11.3 Å². The van der Waals surface area contributed by atoms with Gasteiger partial charge in [-0.1, -0.05) is 18.2 Å². The van der Waals surface area contributed by atoms with Gasteiger partial charge in [0.15, 0.2) is 0 Å². The molecule has 2 aliphatic heterocycles. The first-order chi connectivity index (χ1) is 16.4. The van der Waals surface area contributed by atoms with Crippen molar-refractivity contribution in [1.82, 2.24) is 25.4 Å². The van der Waals surface area contributed by atoms with E-state index in [0.717, 1.165) is 25.1 Å². The van der Waals surface area contributed by atoms with Crippen molar-refractivity contribution in [3.05, 3.63) is 59.9 Å². The van der Waals surface area contributed by atoms with Gasteiger partial charge in [0.05, 0.1) is 0 Å². The maximum Gasteiger partial charge on any atom is 0.239 e. The van der Waals surface area contributed by atoms with Crippen molar-refractivity contribution in [1.29, 1.82) is 0 Å². The standard InChI is InChI=1S/C26H36N6O2/c1-30(2)21-8-6-19(7-9-21)18-32-14-12-23-25(32)26(34)29-17-22(31(23)3)10-11-24(33)28-16-20-5-4-13-27-15-20/h4-9,13,15,22-23,25H,10-12,14,16-18H2,1-3H3,(H,28,33)(H,29,34)/t22-,23-,25-/m0/s1. The van der Waals surface area contributed by atoms with Crippen LogP contribution in [0.2, 0.25) is 0 Å². The van der Waals surface area contributed by atoms with Crippen molar-refractivity contribution in [2.24, 2.45) is 0 Å². The van der Waals surface area contributed by atoms with Crippen molar-refractivity contribution in [3.8, 4) is 0 Å². The zero-order valence-electron chi connectivity index (χ0n) is 20.4. The van der Waals surface area contributed by atoms with E-state index in [4.69, 9.17) is 0 Å². The van der Waals surface area contributed by atoms with Gasteiger partial charge < -0.3 is 15.5 Å². The van der Waals surface area contributed by atoms with Gasteiger partial charge in [-0.25, -0.2) is 0 Å². The van der Waals surface area contributed by atoms with Crippen LogP contribution < -0.4 is 15.5 Å². The zero-order chi connectivity index (χ0) is 24.1. The lowest BCUT2D eigenvalue weighted by Crippen LogP contribution is -2.49. The number of likely N-dealkylation sites (N-methyl/N-ethyl adjacent to an activating group) is 1. The van der Waals surface area contributed by atoms with E-state index in [1.807, 2.05) is 26.2 Å². The number of likely N-dealkylation sites (tertiary alicyclic amines) is 1. The summed E-state index contributed by atoms with van der Waals surface area (Å²) in [6, 6.07) is 12.5. The Hall–Kier alpha value is -2.97. The Morgan fingerprint density at radius 2 is 2.00 bits per heavy atom. The Balaban J connectivity index is 1.32. The SMILES string of the molecule is CN(C)c1ccc(CN2CC[C@H]3[C@H]2C(=O)NC[C@H](CCC(=O)NCc2cccnc2)N3C)cc1. The van der Waals surface area contributed by atoms with Crippen LogP contribution in [0, 0.1) is 0 Å². The minimum Gasteiger partial charge on any atom is -0.378 e. The summed E-state index contributed by atoms with van der Waals surface area (Å²) in [6.07, 6.45) is 5.58. The second-order valence-electron chi connectivity index (χ2n) is 9.57. The molecule has 0 saturated carbocycles. The smallest absolute Gasteiger partial charge is 0.239 e. The predicted octanol–water partition coefficient (Wildman–Crippen LogP) is 1.62. The number of carbonyl (C=O) groups excluding carboxylic acids is 2. The Kier molecular flexibility index (Phi) is 7.80. The maximum atomic E-state index is 13.1. The first-order valence-corrected chi connectivity index (χ1v) is 12.1. The summed E-state index contributed by atoms with van der Waals surface area (Å²) in [5, 5.41) is 6.12. The van der Waals surface area contributed by atoms with Crippen LogP contribution in [0.1, 0.15) is 30.4 Å². The second-order valence-corrected chi connectivity index (χ2v) is 9.57. The number of nitrogens with one attached hydrogen (secondary N) is 2. The fourth-order valence-electron chi connectivity index (χ4n) is 5.05. The molecule has 4 rings (SSSR count). The van der Waals surface area contributed by atoms with Crippen LogP contribution in [0.3, 0.4) is 0 Å². The summed E-state index contributed by atoms with van der Waals surface area (Å²) in [7, 11) is 6.17. The van der Waals surface area contributed by atoms with Crippen molar-refractivity contribution >= 4 is 17.5 Å². The van der Waals surface area contributed by atoms with Crippen LogP contribution in [0.4, 0.5) is 5.69 Å². The van der Waals surface area contributed by atoms with E-state index >= 15 is 0 Å². The van der Waals surface area contributed by atoms with Crippen molar-refractivity contribution in [2.45, 2.75) is 50.5 Å². The van der Waals surface area contributed by atoms with Gasteiger partial charge in [-0.15, -0.1) is 0 Å². The lowest BCUT2D eigenvalue weighted by Gasteiger charge is -2.33. The molecule has 2 aliphatic rings. The topological polar surface area (TPSA) is 80.8 Å². The minimum atomic E-state index is -0.164. The summed E-state index contributed by atoms with van der Waals surface area (Å²) in [6.45, 7) is 2.71. The van der Waals surface area contributed by atoms with Crippen LogP contribution in [-0.2, 0) is 22.7 Å². The van der Waals surface area contributed by atoms with Crippen molar-refractivity contribution in [2.75, 3.05) is 39.1 Å². The molecule has 0 bridgehead atoms. The monoisotopic (exact) mass is 464 g/mol. The third kappa shape index (κ3) is 5.74. The molecule has 0 aliphatic carbocycles. The molecular weight excluding hydrogens is 428 g/mol. The number of fused-ring (bicyclic) bond motifs is 1. The first-order valence-electron chi connectivity index (χ1n) is 12.1. The van der Waals surface area contributed by atoms with Crippen LogP contribution in [0.25, 0.3) is 0 Å². The number of hydrogen-bond acceptors (Lipinski definition) is 6. The van der Waals surface area contributed by atoms with E-state index in [2.05, 4.69) is 61.6 Å². The van der Waals surface area contributed by atoms with Gasteiger partial charge in [-0.05, 0) is 49.2 Å². The van der Waals surface area contributed by atoms with Gasteiger partial charge >= 0.3 is 0 Å². The van der Waals surface area contributed by atoms with E-state index < -0.39 is 0 Å². The van der Waals surface area contributed by atoms with Gasteiger partial charge in [-0.2, -0.15) is 0 Å². The fourth-order valence-corrected chi connectivity index (χ4v) is 5.05. The number of aromatic nitrogens is 1. The highest BCUT2D eigenvalue weighted by molar-refractivity contribution is 5.83. The largest absolute Gasteiger partial charge is 0.378 e. The van der Waals surface area contributed by atoms with Crippen LogP contribution in [0.5, 0.6) is 0 Å². The molecule has 8 nitrogen and oxygen atoms in total. The predicted molar refractivity (Wildman–Crippen MR) is 133 cm³/mol. The molecule has 8 heteroatoms. The minimum absolute atomic E-state index is 0.0265. The summed E-state index contributed by atoms with van der Waals surface area (Å²) < 4.78 is 0. The summed E-state index contributed by atoms with van der Waals surface area (Å²) in [5.74, 6) is 0.126. The summed E-state index contributed by atoms with van der Waals surface area (Å²) >= 11 is 0. The highest BCUT2D eigenvalue weighted by Crippen LogP contribution is 2.29. The van der Waals surface area contributed by atoms with E-state index in [1.54, 1.807) is 12.4 Å². The third-order valence-corrected chi connectivity index (χ3v) is 7.11. The second kappa shape index (κ2) is 11.0. The molecule has 2 N–H and O–H groups in total.